The standard InChI is InChI=1S/C20H24N2O3S/c1-26(24,25)22(15-16-9-3-2-4-10-16)19-14-8-7-13-18(19)20(23)21-17-11-5-6-12-17/h2-4,7-10,13-14,17H,5-6,11-12,15H2,1H3,(H,21,23). The van der Waals surface area contributed by atoms with Gasteiger partial charge in [-0.15, -0.1) is 0 Å². The lowest BCUT2D eigenvalue weighted by Crippen LogP contribution is -2.35. The van der Waals surface area contributed by atoms with E-state index in [2.05, 4.69) is 5.32 Å². The minimum absolute atomic E-state index is 0.177. The zero-order valence-corrected chi connectivity index (χ0v) is 15.7. The topological polar surface area (TPSA) is 66.5 Å². The van der Waals surface area contributed by atoms with Crippen molar-refractivity contribution in [2.45, 2.75) is 38.3 Å². The van der Waals surface area contributed by atoms with Crippen molar-refractivity contribution in [3.05, 3.63) is 65.7 Å². The molecule has 0 spiro atoms. The van der Waals surface area contributed by atoms with E-state index in [4.69, 9.17) is 0 Å². The van der Waals surface area contributed by atoms with Crippen LogP contribution in [0.5, 0.6) is 0 Å². The van der Waals surface area contributed by atoms with E-state index < -0.39 is 10.0 Å². The summed E-state index contributed by atoms with van der Waals surface area (Å²) < 4.78 is 26.2. The van der Waals surface area contributed by atoms with E-state index in [1.54, 1.807) is 24.3 Å². The molecule has 0 radical (unpaired) electrons. The average molecular weight is 372 g/mol. The van der Waals surface area contributed by atoms with Gasteiger partial charge in [-0.1, -0.05) is 55.3 Å². The van der Waals surface area contributed by atoms with Crippen LogP contribution in [0.2, 0.25) is 0 Å². The Hall–Kier alpha value is -2.34. The molecule has 1 amide bonds. The molecule has 0 bridgehead atoms. The minimum Gasteiger partial charge on any atom is -0.349 e. The van der Waals surface area contributed by atoms with Gasteiger partial charge in [-0.05, 0) is 30.5 Å². The molecule has 6 heteroatoms. The van der Waals surface area contributed by atoms with Gasteiger partial charge in [0.05, 0.1) is 24.1 Å². The summed E-state index contributed by atoms with van der Waals surface area (Å²) in [5, 5.41) is 3.05. The van der Waals surface area contributed by atoms with Crippen LogP contribution in [0.4, 0.5) is 5.69 Å². The zero-order valence-electron chi connectivity index (χ0n) is 14.9. The lowest BCUT2D eigenvalue weighted by molar-refractivity contribution is 0.0938. The van der Waals surface area contributed by atoms with Crippen LogP contribution < -0.4 is 9.62 Å². The van der Waals surface area contributed by atoms with Crippen LogP contribution in [0.15, 0.2) is 54.6 Å². The van der Waals surface area contributed by atoms with Gasteiger partial charge < -0.3 is 5.32 Å². The molecule has 2 aromatic carbocycles. The number of benzene rings is 2. The van der Waals surface area contributed by atoms with Gasteiger partial charge in [0.1, 0.15) is 0 Å². The highest BCUT2D eigenvalue weighted by atomic mass is 32.2. The highest BCUT2D eigenvalue weighted by molar-refractivity contribution is 7.92. The van der Waals surface area contributed by atoms with Gasteiger partial charge in [0.2, 0.25) is 10.0 Å². The Morgan fingerprint density at radius 3 is 2.31 bits per heavy atom. The monoisotopic (exact) mass is 372 g/mol. The molecule has 1 fully saturated rings. The first-order valence-corrected chi connectivity index (χ1v) is 10.7. The summed E-state index contributed by atoms with van der Waals surface area (Å²) >= 11 is 0. The van der Waals surface area contributed by atoms with Gasteiger partial charge in [-0.25, -0.2) is 8.42 Å². The van der Waals surface area contributed by atoms with Gasteiger partial charge >= 0.3 is 0 Å². The van der Waals surface area contributed by atoms with Crippen LogP contribution in [0.3, 0.4) is 0 Å². The molecule has 0 atom stereocenters. The van der Waals surface area contributed by atoms with Crippen LogP contribution in [0.25, 0.3) is 0 Å². The largest absolute Gasteiger partial charge is 0.349 e. The van der Waals surface area contributed by atoms with Crippen molar-refractivity contribution < 1.29 is 13.2 Å². The fraction of sp³-hybridized carbons (Fsp3) is 0.350. The molecule has 138 valence electrons. The maximum Gasteiger partial charge on any atom is 0.253 e. The molecule has 1 aliphatic rings. The second-order valence-electron chi connectivity index (χ2n) is 6.73. The van der Waals surface area contributed by atoms with Crippen molar-refractivity contribution in [3.63, 3.8) is 0 Å². The minimum atomic E-state index is -3.55. The van der Waals surface area contributed by atoms with E-state index >= 15 is 0 Å². The number of sulfonamides is 1. The lowest BCUT2D eigenvalue weighted by atomic mass is 10.1. The van der Waals surface area contributed by atoms with E-state index in [0.717, 1.165) is 31.2 Å². The highest BCUT2D eigenvalue weighted by Gasteiger charge is 2.25. The fourth-order valence-electron chi connectivity index (χ4n) is 3.35. The van der Waals surface area contributed by atoms with E-state index in [1.165, 1.54) is 10.6 Å². The maximum absolute atomic E-state index is 12.8. The first-order valence-electron chi connectivity index (χ1n) is 8.86. The predicted octanol–water partition coefficient (Wildman–Crippen LogP) is 3.33. The molecule has 1 saturated carbocycles. The molecule has 0 aliphatic heterocycles. The van der Waals surface area contributed by atoms with Crippen molar-refractivity contribution in [3.8, 4) is 0 Å². The molecule has 1 N–H and O–H groups in total. The Balaban J connectivity index is 1.92. The van der Waals surface area contributed by atoms with Crippen LogP contribution >= 0.6 is 0 Å². The molecular formula is C20H24N2O3S. The van der Waals surface area contributed by atoms with Crippen LogP contribution in [-0.2, 0) is 16.6 Å². The Kier molecular flexibility index (Phi) is 5.61. The number of rotatable bonds is 6. The Labute approximate surface area is 155 Å². The second-order valence-corrected chi connectivity index (χ2v) is 8.63. The van der Waals surface area contributed by atoms with Gasteiger partial charge in [-0.2, -0.15) is 0 Å². The van der Waals surface area contributed by atoms with Gasteiger partial charge in [0.25, 0.3) is 5.91 Å². The first-order chi connectivity index (χ1) is 12.4. The van der Waals surface area contributed by atoms with Crippen molar-refractivity contribution in [2.75, 3.05) is 10.6 Å². The lowest BCUT2D eigenvalue weighted by Gasteiger charge is -2.25. The average Bonchev–Trinajstić information content (AvgIpc) is 3.12. The van der Waals surface area contributed by atoms with Gasteiger partial charge in [-0.3, -0.25) is 9.10 Å². The van der Waals surface area contributed by atoms with Crippen molar-refractivity contribution >= 4 is 21.6 Å². The number of nitrogens with zero attached hydrogens (tertiary/aromatic N) is 1. The van der Waals surface area contributed by atoms with Crippen LogP contribution in [0.1, 0.15) is 41.6 Å². The SMILES string of the molecule is CS(=O)(=O)N(Cc1ccccc1)c1ccccc1C(=O)NC1CCCC1. The third kappa shape index (κ3) is 4.43. The number of carbonyl (C=O) groups excluding carboxylic acids is 1. The summed E-state index contributed by atoms with van der Waals surface area (Å²) in [6, 6.07) is 16.4. The van der Waals surface area contributed by atoms with Crippen molar-refractivity contribution in [1.29, 1.82) is 0 Å². The third-order valence-electron chi connectivity index (χ3n) is 4.68. The normalized spacial score (nSPS) is 15.0. The molecule has 0 heterocycles. The van der Waals surface area contributed by atoms with Crippen molar-refractivity contribution in [2.24, 2.45) is 0 Å². The van der Waals surface area contributed by atoms with E-state index in [9.17, 15) is 13.2 Å². The predicted molar refractivity (Wildman–Crippen MR) is 104 cm³/mol. The maximum atomic E-state index is 12.8. The summed E-state index contributed by atoms with van der Waals surface area (Å²) in [5.41, 5.74) is 1.67. The number of nitrogens with one attached hydrogen (secondary N) is 1. The van der Waals surface area contributed by atoms with Crippen LogP contribution in [0, 0.1) is 0 Å². The molecule has 1 aliphatic carbocycles. The summed E-state index contributed by atoms with van der Waals surface area (Å²) in [6.45, 7) is 0.188. The molecule has 0 aromatic heterocycles. The summed E-state index contributed by atoms with van der Waals surface area (Å²) in [7, 11) is -3.55. The quantitative estimate of drug-likeness (QED) is 0.846. The molecule has 2 aromatic rings. The number of para-hydroxylation sites is 1. The molecule has 3 rings (SSSR count). The second kappa shape index (κ2) is 7.91. The van der Waals surface area contributed by atoms with Crippen molar-refractivity contribution in [1.82, 2.24) is 5.32 Å². The highest BCUT2D eigenvalue weighted by Crippen LogP contribution is 2.26. The van der Waals surface area contributed by atoms with E-state index in [1.807, 2.05) is 30.3 Å². The summed E-state index contributed by atoms with van der Waals surface area (Å²) in [6.07, 6.45) is 5.37. The number of hydrogen-bond acceptors (Lipinski definition) is 3. The molecule has 0 saturated heterocycles. The van der Waals surface area contributed by atoms with Gasteiger partial charge in [0, 0.05) is 6.04 Å². The van der Waals surface area contributed by atoms with Crippen LogP contribution in [-0.4, -0.2) is 26.6 Å². The smallest absolute Gasteiger partial charge is 0.253 e. The number of hydrogen-bond donors (Lipinski definition) is 1. The van der Waals surface area contributed by atoms with Gasteiger partial charge in [0.15, 0.2) is 0 Å². The molecule has 5 nitrogen and oxygen atoms in total. The molecule has 0 unspecified atom stereocenters. The molecular weight excluding hydrogens is 348 g/mol. The fourth-order valence-corrected chi connectivity index (χ4v) is 4.25. The molecule has 26 heavy (non-hydrogen) atoms. The summed E-state index contributed by atoms with van der Waals surface area (Å²) in [4.78, 5) is 12.8. The number of amides is 1. The first kappa shape index (κ1) is 18.5. The zero-order chi connectivity index (χ0) is 18.6. The third-order valence-corrected chi connectivity index (χ3v) is 5.80. The Morgan fingerprint density at radius 2 is 1.65 bits per heavy atom. The van der Waals surface area contributed by atoms with E-state index in [-0.39, 0.29) is 18.5 Å². The van der Waals surface area contributed by atoms with E-state index in [0.29, 0.717) is 11.3 Å². The number of anilines is 1. The Morgan fingerprint density at radius 1 is 1.04 bits per heavy atom. The Bertz CT molecular complexity index is 860. The number of carbonyl (C=O) groups is 1. The summed E-state index contributed by atoms with van der Waals surface area (Å²) in [5.74, 6) is -0.214.